The number of nitrogens with one attached hydrogen (secondary N) is 2. The Morgan fingerprint density at radius 3 is 2.55 bits per heavy atom. The van der Waals surface area contributed by atoms with Crippen LogP contribution in [0.3, 0.4) is 0 Å². The standard InChI is InChI=1S/C13H20N2O6S/c16-13(7-6-12-4-2-1-3-5-12)14-8-10-20-15-9-11-21-22(17,18)19/h1-5,15H,6-11H2,(H,14,16)(H,17,18,19). The summed E-state index contributed by atoms with van der Waals surface area (Å²) in [4.78, 5) is 16.5. The van der Waals surface area contributed by atoms with Crippen molar-refractivity contribution in [1.29, 1.82) is 0 Å². The maximum atomic E-state index is 11.6. The number of rotatable bonds is 11. The Balaban J connectivity index is 1.95. The van der Waals surface area contributed by atoms with Gasteiger partial charge in [0, 0.05) is 19.5 Å². The lowest BCUT2D eigenvalue weighted by Gasteiger charge is -2.07. The van der Waals surface area contributed by atoms with Crippen molar-refractivity contribution in [1.82, 2.24) is 10.8 Å². The molecular weight excluding hydrogens is 312 g/mol. The van der Waals surface area contributed by atoms with Crippen LogP contribution in [-0.2, 0) is 30.6 Å². The Kier molecular flexibility index (Phi) is 8.63. The van der Waals surface area contributed by atoms with Gasteiger partial charge in [-0.25, -0.2) is 9.66 Å². The second-order valence-corrected chi connectivity index (χ2v) is 5.42. The highest BCUT2D eigenvalue weighted by Gasteiger charge is 2.03. The average molecular weight is 332 g/mol. The lowest BCUT2D eigenvalue weighted by molar-refractivity contribution is -0.121. The van der Waals surface area contributed by atoms with E-state index in [0.717, 1.165) is 5.56 Å². The maximum Gasteiger partial charge on any atom is 0.397 e. The molecule has 0 aliphatic rings. The third-order valence-electron chi connectivity index (χ3n) is 2.55. The fraction of sp³-hybridized carbons (Fsp3) is 0.462. The van der Waals surface area contributed by atoms with Crippen LogP contribution in [0.5, 0.6) is 0 Å². The van der Waals surface area contributed by atoms with Gasteiger partial charge in [-0.15, -0.1) is 0 Å². The van der Waals surface area contributed by atoms with E-state index in [9.17, 15) is 13.2 Å². The molecule has 3 N–H and O–H groups in total. The molecule has 1 rings (SSSR count). The van der Waals surface area contributed by atoms with E-state index in [1.165, 1.54) is 0 Å². The SMILES string of the molecule is O=C(CCc1ccccc1)NCCONCCOS(=O)(=O)O. The largest absolute Gasteiger partial charge is 0.397 e. The lowest BCUT2D eigenvalue weighted by Crippen LogP contribution is -2.30. The number of hydroxylamine groups is 1. The van der Waals surface area contributed by atoms with Crippen LogP contribution in [0, 0.1) is 0 Å². The molecule has 0 atom stereocenters. The summed E-state index contributed by atoms with van der Waals surface area (Å²) in [6.45, 7) is 0.396. The summed E-state index contributed by atoms with van der Waals surface area (Å²) < 4.78 is 32.8. The van der Waals surface area contributed by atoms with E-state index in [1.807, 2.05) is 30.3 Å². The molecule has 0 unspecified atom stereocenters. The lowest BCUT2D eigenvalue weighted by atomic mass is 10.1. The van der Waals surface area contributed by atoms with Crippen LogP contribution >= 0.6 is 0 Å². The first-order chi connectivity index (χ1) is 10.5. The second kappa shape index (κ2) is 10.2. The summed E-state index contributed by atoms with van der Waals surface area (Å²) >= 11 is 0. The molecule has 0 saturated carbocycles. The van der Waals surface area contributed by atoms with Gasteiger partial charge in [-0.1, -0.05) is 30.3 Å². The van der Waals surface area contributed by atoms with Gasteiger partial charge in [0.2, 0.25) is 5.91 Å². The van der Waals surface area contributed by atoms with Gasteiger partial charge in [0.25, 0.3) is 0 Å². The first-order valence-corrected chi connectivity index (χ1v) is 8.11. The molecule has 22 heavy (non-hydrogen) atoms. The molecule has 9 heteroatoms. The smallest absolute Gasteiger partial charge is 0.354 e. The highest BCUT2D eigenvalue weighted by Crippen LogP contribution is 2.01. The average Bonchev–Trinajstić information content (AvgIpc) is 2.48. The normalized spacial score (nSPS) is 11.3. The molecule has 0 aliphatic carbocycles. The third-order valence-corrected chi connectivity index (χ3v) is 3.01. The minimum absolute atomic E-state index is 0.0674. The summed E-state index contributed by atoms with van der Waals surface area (Å²) in [5, 5.41) is 2.70. The van der Waals surface area contributed by atoms with Crippen LogP contribution in [0.4, 0.5) is 0 Å². The third kappa shape index (κ3) is 10.2. The van der Waals surface area contributed by atoms with Gasteiger partial charge in [0.1, 0.15) is 0 Å². The molecular formula is C13H20N2O6S. The van der Waals surface area contributed by atoms with Gasteiger partial charge in [-0.3, -0.25) is 14.2 Å². The van der Waals surface area contributed by atoms with Gasteiger partial charge in [-0.2, -0.15) is 8.42 Å². The first kappa shape index (κ1) is 18.5. The molecule has 8 nitrogen and oxygen atoms in total. The minimum atomic E-state index is -4.41. The maximum absolute atomic E-state index is 11.6. The zero-order valence-corrected chi connectivity index (χ0v) is 12.8. The number of benzene rings is 1. The molecule has 0 aromatic heterocycles. The number of carbonyl (C=O) groups is 1. The first-order valence-electron chi connectivity index (χ1n) is 6.74. The predicted molar refractivity (Wildman–Crippen MR) is 79.2 cm³/mol. The molecule has 0 spiro atoms. The van der Waals surface area contributed by atoms with Gasteiger partial charge in [0.15, 0.2) is 0 Å². The van der Waals surface area contributed by atoms with Crippen LogP contribution in [0.15, 0.2) is 30.3 Å². The monoisotopic (exact) mass is 332 g/mol. The molecule has 0 radical (unpaired) electrons. The van der Waals surface area contributed by atoms with Crippen molar-refractivity contribution in [2.45, 2.75) is 12.8 Å². The van der Waals surface area contributed by atoms with Gasteiger partial charge < -0.3 is 5.32 Å². The van der Waals surface area contributed by atoms with Crippen molar-refractivity contribution in [2.75, 3.05) is 26.3 Å². The van der Waals surface area contributed by atoms with Gasteiger partial charge >= 0.3 is 10.4 Å². The van der Waals surface area contributed by atoms with Crippen molar-refractivity contribution in [3.05, 3.63) is 35.9 Å². The van der Waals surface area contributed by atoms with Crippen LogP contribution in [0.2, 0.25) is 0 Å². The fourth-order valence-electron chi connectivity index (χ4n) is 1.57. The molecule has 1 aromatic carbocycles. The highest BCUT2D eigenvalue weighted by molar-refractivity contribution is 7.80. The van der Waals surface area contributed by atoms with Crippen LogP contribution in [-0.4, -0.2) is 45.2 Å². The predicted octanol–water partition coefficient (Wildman–Crippen LogP) is 0.0760. The summed E-state index contributed by atoms with van der Waals surface area (Å²) in [6, 6.07) is 9.72. The van der Waals surface area contributed by atoms with E-state index in [-0.39, 0.29) is 25.7 Å². The molecule has 124 valence electrons. The summed E-state index contributed by atoms with van der Waals surface area (Å²) in [5.41, 5.74) is 3.54. The number of aryl methyl sites for hydroxylation is 1. The molecule has 0 aliphatic heterocycles. The number of carbonyl (C=O) groups excluding carboxylic acids is 1. The minimum Gasteiger partial charge on any atom is -0.354 e. The molecule has 0 heterocycles. The second-order valence-electron chi connectivity index (χ2n) is 4.33. The van der Waals surface area contributed by atoms with Crippen molar-refractivity contribution in [2.24, 2.45) is 0 Å². The summed E-state index contributed by atoms with van der Waals surface area (Å²) in [5.74, 6) is -0.0674. The molecule has 1 aromatic rings. The number of hydrogen-bond donors (Lipinski definition) is 3. The quantitative estimate of drug-likeness (QED) is 0.299. The number of amides is 1. The Bertz CT molecular complexity index is 535. The van der Waals surface area contributed by atoms with E-state index < -0.39 is 10.4 Å². The highest BCUT2D eigenvalue weighted by atomic mass is 32.3. The van der Waals surface area contributed by atoms with E-state index >= 15 is 0 Å². The van der Waals surface area contributed by atoms with Crippen molar-refractivity contribution < 1.29 is 26.8 Å². The van der Waals surface area contributed by atoms with E-state index in [1.54, 1.807) is 0 Å². The van der Waals surface area contributed by atoms with Crippen LogP contribution < -0.4 is 10.8 Å². The molecule has 0 saturated heterocycles. The van der Waals surface area contributed by atoms with Gasteiger partial charge in [-0.05, 0) is 12.0 Å². The molecule has 1 amide bonds. The van der Waals surface area contributed by atoms with Gasteiger partial charge in [0.05, 0.1) is 13.2 Å². The summed E-state index contributed by atoms with van der Waals surface area (Å²) in [7, 11) is -4.41. The van der Waals surface area contributed by atoms with Crippen LogP contribution in [0.1, 0.15) is 12.0 Å². The number of hydrogen-bond acceptors (Lipinski definition) is 6. The Hall–Kier alpha value is -1.52. The van der Waals surface area contributed by atoms with E-state index in [4.69, 9.17) is 9.39 Å². The van der Waals surface area contributed by atoms with Crippen molar-refractivity contribution in [3.63, 3.8) is 0 Å². The van der Waals surface area contributed by atoms with E-state index in [0.29, 0.717) is 19.4 Å². The zero-order chi connectivity index (χ0) is 16.3. The zero-order valence-electron chi connectivity index (χ0n) is 12.0. The Morgan fingerprint density at radius 1 is 1.14 bits per heavy atom. The fourth-order valence-corrected chi connectivity index (χ4v) is 1.86. The Morgan fingerprint density at radius 2 is 1.86 bits per heavy atom. The topological polar surface area (TPSA) is 114 Å². The molecule has 0 bridgehead atoms. The van der Waals surface area contributed by atoms with Crippen LogP contribution in [0.25, 0.3) is 0 Å². The van der Waals surface area contributed by atoms with E-state index in [2.05, 4.69) is 15.0 Å². The van der Waals surface area contributed by atoms with Crippen molar-refractivity contribution in [3.8, 4) is 0 Å². The summed E-state index contributed by atoms with van der Waals surface area (Å²) in [6.07, 6.45) is 1.08. The molecule has 0 fully saturated rings. The van der Waals surface area contributed by atoms with Crippen molar-refractivity contribution >= 4 is 16.3 Å². The Labute approximate surface area is 129 Å².